The zero-order valence-corrected chi connectivity index (χ0v) is 27.5. The lowest BCUT2D eigenvalue weighted by atomic mass is 9.95. The number of aliphatic carboxylic acids is 1. The Morgan fingerprint density at radius 3 is 2.20 bits per heavy atom. The Kier molecular flexibility index (Phi) is 9.08. The number of piperidine rings is 2. The van der Waals surface area contributed by atoms with Gasteiger partial charge in [0.15, 0.2) is 0 Å². The molecule has 0 atom stereocenters. The van der Waals surface area contributed by atoms with Crippen LogP contribution in [-0.4, -0.2) is 93.1 Å². The molecular formula is C36H35F4N5O6. The molecule has 8 rings (SSSR count). The second-order valence-corrected chi connectivity index (χ2v) is 13.2. The first-order valence-corrected chi connectivity index (χ1v) is 16.9. The average Bonchev–Trinajstić information content (AvgIpc) is 3.74. The van der Waals surface area contributed by atoms with Gasteiger partial charge in [-0.05, 0) is 62.5 Å². The standard InChI is InChI=1S/C34H34FN5O4.C2HF3O2/c35-22-16-21-18-40(34(43)38-12-8-23(9-13-38)37-10-4-1-5-11-37)15-14-39-19-26(25(17-22)31(21)39)29-30(33(42)36-32(29)41)27-20-44-28-7-3-2-6-24(27)28;3-2(4,5)1(6)7/h2-3,6-7,16-17,19-20,23H,1,4-5,8-15,18H2,(H,36,41,42);(H,6,7). The van der Waals surface area contributed by atoms with Crippen molar-refractivity contribution >= 4 is 56.8 Å². The first-order valence-electron chi connectivity index (χ1n) is 16.9. The highest BCUT2D eigenvalue weighted by Gasteiger charge is 2.39. The zero-order chi connectivity index (χ0) is 36.0. The third kappa shape index (κ3) is 6.57. The van der Waals surface area contributed by atoms with Crippen LogP contribution in [0.25, 0.3) is 33.0 Å². The van der Waals surface area contributed by atoms with Gasteiger partial charge < -0.3 is 28.8 Å². The van der Waals surface area contributed by atoms with Gasteiger partial charge in [0, 0.05) is 66.9 Å². The molecule has 2 aromatic heterocycles. The number of fused-ring (bicyclic) bond motifs is 1. The second kappa shape index (κ2) is 13.5. The van der Waals surface area contributed by atoms with E-state index in [1.807, 2.05) is 38.8 Å². The maximum absolute atomic E-state index is 15.2. The largest absolute Gasteiger partial charge is 0.490 e. The molecular weight excluding hydrogens is 674 g/mol. The first-order chi connectivity index (χ1) is 24.4. The first kappa shape index (κ1) is 34.3. The number of carboxylic acids is 1. The molecule has 4 aliphatic heterocycles. The van der Waals surface area contributed by atoms with Crippen LogP contribution in [-0.2, 0) is 27.5 Å². The fraction of sp³-hybridized carbons (Fsp3) is 0.389. The number of hydrogen-bond donors (Lipinski definition) is 2. The predicted octanol–water partition coefficient (Wildman–Crippen LogP) is 5.61. The molecule has 51 heavy (non-hydrogen) atoms. The van der Waals surface area contributed by atoms with E-state index in [1.165, 1.54) is 37.7 Å². The minimum Gasteiger partial charge on any atom is -0.475 e. The minimum atomic E-state index is -5.08. The number of nitrogens with zero attached hydrogens (tertiary/aromatic N) is 4. The summed E-state index contributed by atoms with van der Waals surface area (Å²) in [5, 5.41) is 10.8. The summed E-state index contributed by atoms with van der Waals surface area (Å²) >= 11 is 0. The topological polar surface area (TPSA) is 128 Å². The Morgan fingerprint density at radius 1 is 0.843 bits per heavy atom. The van der Waals surface area contributed by atoms with Crippen LogP contribution in [0.2, 0.25) is 0 Å². The van der Waals surface area contributed by atoms with Gasteiger partial charge in [-0.1, -0.05) is 24.6 Å². The number of carbonyl (C=O) groups excluding carboxylic acids is 3. The van der Waals surface area contributed by atoms with Gasteiger partial charge in [0.25, 0.3) is 11.8 Å². The number of aromatic nitrogens is 1. The highest BCUT2D eigenvalue weighted by molar-refractivity contribution is 6.50. The van der Waals surface area contributed by atoms with Gasteiger partial charge in [0.05, 0.1) is 22.9 Å². The Balaban J connectivity index is 0.000000529. The highest BCUT2D eigenvalue weighted by Crippen LogP contribution is 2.40. The van der Waals surface area contributed by atoms with Gasteiger partial charge in [-0.15, -0.1) is 0 Å². The van der Waals surface area contributed by atoms with Crippen molar-refractivity contribution in [2.24, 2.45) is 0 Å². The monoisotopic (exact) mass is 709 g/mol. The number of rotatable bonds is 3. The summed E-state index contributed by atoms with van der Waals surface area (Å²) in [5.74, 6) is -4.25. The van der Waals surface area contributed by atoms with E-state index >= 15 is 4.39 Å². The van der Waals surface area contributed by atoms with E-state index in [4.69, 9.17) is 14.3 Å². The molecule has 4 aliphatic rings. The maximum Gasteiger partial charge on any atom is 0.490 e. The summed E-state index contributed by atoms with van der Waals surface area (Å²) in [6.45, 7) is 4.99. The third-order valence-electron chi connectivity index (χ3n) is 10.1. The molecule has 2 N–H and O–H groups in total. The van der Waals surface area contributed by atoms with Crippen molar-refractivity contribution in [3.63, 3.8) is 0 Å². The molecule has 11 nitrogen and oxygen atoms in total. The Bertz CT molecular complexity index is 2070. The van der Waals surface area contributed by atoms with Crippen molar-refractivity contribution < 1.29 is 46.3 Å². The van der Waals surface area contributed by atoms with Crippen LogP contribution in [0.5, 0.6) is 0 Å². The second-order valence-electron chi connectivity index (χ2n) is 13.2. The number of carbonyl (C=O) groups is 4. The molecule has 2 fully saturated rings. The number of imide groups is 1. The lowest BCUT2D eigenvalue weighted by Crippen LogP contribution is -2.51. The van der Waals surface area contributed by atoms with Gasteiger partial charge in [-0.2, -0.15) is 13.2 Å². The van der Waals surface area contributed by atoms with Gasteiger partial charge in [-0.25, -0.2) is 14.0 Å². The van der Waals surface area contributed by atoms with Crippen molar-refractivity contribution in [2.45, 2.75) is 57.4 Å². The number of urea groups is 1. The molecule has 0 aliphatic carbocycles. The molecule has 0 radical (unpaired) electrons. The van der Waals surface area contributed by atoms with Crippen molar-refractivity contribution in [2.75, 3.05) is 32.7 Å². The molecule has 4 amide bonds. The van der Waals surface area contributed by atoms with E-state index < -0.39 is 29.8 Å². The lowest BCUT2D eigenvalue weighted by molar-refractivity contribution is -0.192. The lowest BCUT2D eigenvalue weighted by Gasteiger charge is -2.41. The van der Waals surface area contributed by atoms with Crippen LogP contribution in [0, 0.1) is 5.82 Å². The summed E-state index contributed by atoms with van der Waals surface area (Å²) in [6.07, 6.45) is 4.03. The molecule has 0 unspecified atom stereocenters. The van der Waals surface area contributed by atoms with E-state index in [0.29, 0.717) is 46.8 Å². The maximum atomic E-state index is 15.2. The molecule has 0 bridgehead atoms. The van der Waals surface area contributed by atoms with Gasteiger partial charge in [0.2, 0.25) is 0 Å². The third-order valence-corrected chi connectivity index (χ3v) is 10.1. The minimum absolute atomic E-state index is 0.0110. The molecule has 2 aromatic carbocycles. The number of furan rings is 1. The van der Waals surface area contributed by atoms with E-state index in [1.54, 1.807) is 6.07 Å². The van der Waals surface area contributed by atoms with Gasteiger partial charge in [0.1, 0.15) is 11.4 Å². The smallest absolute Gasteiger partial charge is 0.475 e. The molecule has 6 heterocycles. The Morgan fingerprint density at radius 2 is 1.51 bits per heavy atom. The van der Waals surface area contributed by atoms with Gasteiger partial charge in [-0.3, -0.25) is 14.9 Å². The zero-order valence-electron chi connectivity index (χ0n) is 27.5. The number of benzene rings is 2. The average molecular weight is 710 g/mol. The quantitative estimate of drug-likeness (QED) is 0.209. The van der Waals surface area contributed by atoms with E-state index in [0.717, 1.165) is 49.9 Å². The van der Waals surface area contributed by atoms with Crippen LogP contribution >= 0.6 is 0 Å². The fourth-order valence-electron chi connectivity index (χ4n) is 7.71. The number of amides is 4. The number of carboxylic acid groups (broad SMARTS) is 1. The van der Waals surface area contributed by atoms with Gasteiger partial charge >= 0.3 is 18.2 Å². The van der Waals surface area contributed by atoms with Crippen LogP contribution in [0.4, 0.5) is 22.4 Å². The van der Waals surface area contributed by atoms with Crippen LogP contribution in [0.1, 0.15) is 48.8 Å². The number of halogens is 4. The van der Waals surface area contributed by atoms with Crippen LogP contribution in [0.3, 0.4) is 0 Å². The SMILES string of the molecule is O=C(O)C(F)(F)F.O=C1NC(=O)C(c2cn3c4c(cc(F)cc24)CN(C(=O)N2CCC(N4CCCCC4)CC2)CC3)=C1c1coc2ccccc12. The highest BCUT2D eigenvalue weighted by atomic mass is 19.4. The molecule has 0 saturated carbocycles. The van der Waals surface area contributed by atoms with E-state index in [9.17, 15) is 27.6 Å². The summed E-state index contributed by atoms with van der Waals surface area (Å²) in [6, 6.07) is 10.8. The molecule has 4 aromatic rings. The van der Waals surface area contributed by atoms with E-state index in [2.05, 4.69) is 10.2 Å². The summed E-state index contributed by atoms with van der Waals surface area (Å²) in [4.78, 5) is 55.4. The van der Waals surface area contributed by atoms with Crippen LogP contribution in [0.15, 0.2) is 53.3 Å². The Labute approximate surface area is 289 Å². The summed E-state index contributed by atoms with van der Waals surface area (Å²) in [5.41, 5.74) is 3.48. The number of nitrogens with one attached hydrogen (secondary N) is 1. The van der Waals surface area contributed by atoms with Crippen LogP contribution < -0.4 is 5.32 Å². The summed E-state index contributed by atoms with van der Waals surface area (Å²) in [7, 11) is 0. The van der Waals surface area contributed by atoms with Crippen molar-refractivity contribution in [1.29, 1.82) is 0 Å². The number of likely N-dealkylation sites (tertiary alicyclic amines) is 2. The Hall–Kier alpha value is -5.18. The molecule has 15 heteroatoms. The van der Waals surface area contributed by atoms with Crippen molar-refractivity contribution in [1.82, 2.24) is 24.6 Å². The number of para-hydroxylation sites is 1. The molecule has 2 saturated heterocycles. The predicted molar refractivity (Wildman–Crippen MR) is 178 cm³/mol. The number of alkyl halides is 3. The molecule has 268 valence electrons. The fourth-order valence-corrected chi connectivity index (χ4v) is 7.71. The van der Waals surface area contributed by atoms with Crippen molar-refractivity contribution in [3.8, 4) is 0 Å². The number of hydrogen-bond acceptors (Lipinski definition) is 6. The molecule has 0 spiro atoms. The van der Waals surface area contributed by atoms with E-state index in [-0.39, 0.29) is 23.7 Å². The normalized spacial score (nSPS) is 19.0. The van der Waals surface area contributed by atoms with Crippen molar-refractivity contribution in [3.05, 3.63) is 71.4 Å². The summed E-state index contributed by atoms with van der Waals surface area (Å²) < 4.78 is 54.7.